The van der Waals surface area contributed by atoms with Crippen LogP contribution in [0.15, 0.2) is 59.6 Å². The Bertz CT molecular complexity index is 1290. The van der Waals surface area contributed by atoms with E-state index in [0.717, 1.165) is 11.8 Å². The highest BCUT2D eigenvalue weighted by molar-refractivity contribution is 7.92. The molecule has 0 saturated carbocycles. The van der Waals surface area contributed by atoms with Gasteiger partial charge in [-0.2, -0.15) is 18.2 Å². The predicted molar refractivity (Wildman–Crippen MR) is 128 cm³/mol. The molecular weight excluding hydrogens is 481 g/mol. The van der Waals surface area contributed by atoms with Crippen molar-refractivity contribution in [2.75, 3.05) is 34.6 Å². The quantitative estimate of drug-likeness (QED) is 0.394. The first-order chi connectivity index (χ1) is 16.7. The molecule has 0 radical (unpaired) electrons. The molecule has 4 N–H and O–H groups in total. The average Bonchev–Trinajstić information content (AvgIpc) is 2.83. The van der Waals surface area contributed by atoms with Crippen LogP contribution in [0.2, 0.25) is 0 Å². The Hall–Kier alpha value is -3.38. The SMILES string of the molecule is NCCCNc1nc(Nc2ccc3c(c2)CCCN3S(=O)(=O)c2ccccc2)ncc1C(F)(F)F. The van der Waals surface area contributed by atoms with Crippen LogP contribution in [0.4, 0.5) is 36.3 Å². The number of benzene rings is 2. The number of anilines is 4. The molecule has 8 nitrogen and oxygen atoms in total. The van der Waals surface area contributed by atoms with E-state index in [1.165, 1.54) is 4.31 Å². The number of sulfonamides is 1. The van der Waals surface area contributed by atoms with Crippen LogP contribution in [0.3, 0.4) is 0 Å². The lowest BCUT2D eigenvalue weighted by molar-refractivity contribution is -0.137. The van der Waals surface area contributed by atoms with Crippen molar-refractivity contribution in [3.05, 3.63) is 65.9 Å². The number of aromatic nitrogens is 2. The number of hydrogen-bond acceptors (Lipinski definition) is 7. The van der Waals surface area contributed by atoms with Gasteiger partial charge in [-0.1, -0.05) is 18.2 Å². The molecule has 3 aromatic rings. The standard InChI is InChI=1S/C23H25F3N6O2S/c24-23(25,26)19-15-29-22(31-21(19)28-12-5-11-27)30-17-9-10-20-16(14-17)6-4-13-32(20)35(33,34)18-7-2-1-3-8-18/h1-3,7-10,14-15H,4-6,11-13,27H2,(H2,28,29,30,31). The summed E-state index contributed by atoms with van der Waals surface area (Å²) in [6, 6.07) is 13.3. The fraction of sp³-hybridized carbons (Fsp3) is 0.304. The third-order valence-corrected chi connectivity index (χ3v) is 7.34. The number of nitrogens with zero attached hydrogens (tertiary/aromatic N) is 3. The Kier molecular flexibility index (Phi) is 7.13. The molecule has 4 rings (SSSR count). The first-order valence-electron chi connectivity index (χ1n) is 11.1. The highest BCUT2D eigenvalue weighted by atomic mass is 32.2. The van der Waals surface area contributed by atoms with Crippen LogP contribution in [-0.4, -0.2) is 38.0 Å². The van der Waals surface area contributed by atoms with Crippen LogP contribution in [-0.2, 0) is 22.6 Å². The van der Waals surface area contributed by atoms with Gasteiger partial charge in [0.1, 0.15) is 11.4 Å². The van der Waals surface area contributed by atoms with Gasteiger partial charge in [-0.05, 0) is 61.7 Å². The van der Waals surface area contributed by atoms with E-state index < -0.39 is 21.8 Å². The van der Waals surface area contributed by atoms with Gasteiger partial charge in [0.2, 0.25) is 5.95 Å². The third-order valence-electron chi connectivity index (χ3n) is 5.51. The van der Waals surface area contributed by atoms with Gasteiger partial charge in [0.15, 0.2) is 0 Å². The van der Waals surface area contributed by atoms with Crippen molar-refractivity contribution >= 4 is 33.2 Å². The highest BCUT2D eigenvalue weighted by Crippen LogP contribution is 2.36. The van der Waals surface area contributed by atoms with E-state index in [1.807, 2.05) is 0 Å². The van der Waals surface area contributed by atoms with Gasteiger partial charge in [0.05, 0.1) is 10.6 Å². The first-order valence-corrected chi connectivity index (χ1v) is 12.5. The van der Waals surface area contributed by atoms with Crippen molar-refractivity contribution < 1.29 is 21.6 Å². The molecule has 0 bridgehead atoms. The number of nitrogens with one attached hydrogen (secondary N) is 2. The monoisotopic (exact) mass is 506 g/mol. The molecule has 1 aromatic heterocycles. The van der Waals surface area contributed by atoms with Crippen LogP contribution in [0.25, 0.3) is 0 Å². The molecule has 35 heavy (non-hydrogen) atoms. The molecule has 2 aromatic carbocycles. The smallest absolute Gasteiger partial charge is 0.369 e. The van der Waals surface area contributed by atoms with Crippen LogP contribution >= 0.6 is 0 Å². The minimum atomic E-state index is -4.61. The van der Waals surface area contributed by atoms with Gasteiger partial charge >= 0.3 is 6.18 Å². The van der Waals surface area contributed by atoms with E-state index in [1.54, 1.807) is 48.5 Å². The normalized spacial score (nSPS) is 13.9. The average molecular weight is 507 g/mol. The molecule has 0 amide bonds. The summed E-state index contributed by atoms with van der Waals surface area (Å²) in [7, 11) is -3.72. The lowest BCUT2D eigenvalue weighted by Gasteiger charge is -2.31. The minimum absolute atomic E-state index is 0.0160. The molecule has 186 valence electrons. The summed E-state index contributed by atoms with van der Waals surface area (Å²) in [6.07, 6.45) is -2.10. The summed E-state index contributed by atoms with van der Waals surface area (Å²) in [5.74, 6) is -0.348. The maximum absolute atomic E-state index is 13.3. The molecule has 12 heteroatoms. The van der Waals surface area contributed by atoms with Gasteiger partial charge in [-0.15, -0.1) is 0 Å². The molecule has 0 saturated heterocycles. The molecular formula is C23H25F3N6O2S. The number of nitrogens with two attached hydrogens (primary N) is 1. The fourth-order valence-electron chi connectivity index (χ4n) is 3.83. The van der Waals surface area contributed by atoms with Gasteiger partial charge in [0.25, 0.3) is 10.0 Å². The van der Waals surface area contributed by atoms with Crippen molar-refractivity contribution in [3.8, 4) is 0 Å². The topological polar surface area (TPSA) is 113 Å². The Morgan fingerprint density at radius 3 is 2.60 bits per heavy atom. The lowest BCUT2D eigenvalue weighted by Crippen LogP contribution is -2.35. The summed E-state index contributed by atoms with van der Waals surface area (Å²) < 4.78 is 67.7. The summed E-state index contributed by atoms with van der Waals surface area (Å²) in [6.45, 7) is 0.925. The number of halogens is 3. The van der Waals surface area contributed by atoms with Crippen LogP contribution < -0.4 is 20.7 Å². The van der Waals surface area contributed by atoms with E-state index in [4.69, 9.17) is 5.73 Å². The fourth-order valence-corrected chi connectivity index (χ4v) is 5.39. The van der Waals surface area contributed by atoms with Crippen molar-refractivity contribution in [2.24, 2.45) is 5.73 Å². The zero-order chi connectivity index (χ0) is 25.1. The molecule has 0 aliphatic carbocycles. The molecule has 1 aliphatic heterocycles. The maximum atomic E-state index is 13.3. The molecule has 0 fully saturated rings. The summed E-state index contributed by atoms with van der Waals surface area (Å²) in [4.78, 5) is 8.04. The molecule has 0 spiro atoms. The Balaban J connectivity index is 1.60. The molecule has 0 atom stereocenters. The predicted octanol–water partition coefficient (Wildman–Crippen LogP) is 4.14. The second kappa shape index (κ2) is 10.1. The number of aryl methyl sites for hydroxylation is 1. The van der Waals surface area contributed by atoms with Crippen LogP contribution in [0, 0.1) is 0 Å². The third kappa shape index (κ3) is 5.49. The lowest BCUT2D eigenvalue weighted by atomic mass is 10.0. The number of alkyl halides is 3. The highest BCUT2D eigenvalue weighted by Gasteiger charge is 2.35. The van der Waals surface area contributed by atoms with Gasteiger partial charge in [0, 0.05) is 25.0 Å². The van der Waals surface area contributed by atoms with Crippen LogP contribution in [0.5, 0.6) is 0 Å². The van der Waals surface area contributed by atoms with Crippen molar-refractivity contribution in [1.82, 2.24) is 9.97 Å². The summed E-state index contributed by atoms with van der Waals surface area (Å²) in [5, 5.41) is 5.60. The van der Waals surface area contributed by atoms with E-state index in [0.29, 0.717) is 43.7 Å². The van der Waals surface area contributed by atoms with Crippen molar-refractivity contribution in [1.29, 1.82) is 0 Å². The minimum Gasteiger partial charge on any atom is -0.369 e. The zero-order valence-electron chi connectivity index (χ0n) is 18.7. The number of rotatable bonds is 8. The van der Waals surface area contributed by atoms with Gasteiger partial charge in [-0.3, -0.25) is 4.31 Å². The second-order valence-electron chi connectivity index (χ2n) is 7.98. The number of hydrogen-bond donors (Lipinski definition) is 3. The van der Waals surface area contributed by atoms with E-state index in [-0.39, 0.29) is 23.2 Å². The Morgan fingerprint density at radius 2 is 1.89 bits per heavy atom. The van der Waals surface area contributed by atoms with Gasteiger partial charge in [-0.25, -0.2) is 13.4 Å². The van der Waals surface area contributed by atoms with Crippen LogP contribution in [0.1, 0.15) is 24.0 Å². The van der Waals surface area contributed by atoms with E-state index in [9.17, 15) is 21.6 Å². The molecule has 2 heterocycles. The number of fused-ring (bicyclic) bond motifs is 1. The zero-order valence-corrected chi connectivity index (χ0v) is 19.5. The Morgan fingerprint density at radius 1 is 1.11 bits per heavy atom. The van der Waals surface area contributed by atoms with Gasteiger partial charge < -0.3 is 16.4 Å². The molecule has 1 aliphatic rings. The molecule has 0 unspecified atom stereocenters. The second-order valence-corrected chi connectivity index (χ2v) is 9.85. The largest absolute Gasteiger partial charge is 0.421 e. The Labute approximate surface area is 201 Å². The van der Waals surface area contributed by atoms with E-state index >= 15 is 0 Å². The van der Waals surface area contributed by atoms with Crippen molar-refractivity contribution in [2.45, 2.75) is 30.3 Å². The maximum Gasteiger partial charge on any atom is 0.421 e. The van der Waals surface area contributed by atoms with E-state index in [2.05, 4.69) is 20.6 Å². The first kappa shape index (κ1) is 24.7. The van der Waals surface area contributed by atoms with Crippen molar-refractivity contribution in [3.63, 3.8) is 0 Å². The summed E-state index contributed by atoms with van der Waals surface area (Å²) >= 11 is 0. The summed E-state index contributed by atoms with van der Waals surface area (Å²) in [5.41, 5.74) is 6.37.